The fourth-order valence-electron chi connectivity index (χ4n) is 3.83. The Hall–Kier alpha value is -1.08. The summed E-state index contributed by atoms with van der Waals surface area (Å²) in [4.78, 5) is 0. The van der Waals surface area contributed by atoms with Gasteiger partial charge in [-0.05, 0) is 34.5 Å². The van der Waals surface area contributed by atoms with Gasteiger partial charge in [0.25, 0.3) is 0 Å². The van der Waals surface area contributed by atoms with Crippen molar-refractivity contribution in [1.82, 2.24) is 5.16 Å². The van der Waals surface area contributed by atoms with E-state index >= 15 is 0 Å². The second-order valence-corrected chi connectivity index (χ2v) is 7.73. The van der Waals surface area contributed by atoms with Crippen LogP contribution in [0.4, 0.5) is 0 Å². The lowest BCUT2D eigenvalue weighted by Gasteiger charge is -2.30. The molecule has 7 heteroatoms. The number of ether oxygens (including phenoxy) is 3. The molecule has 1 aliphatic carbocycles. The quantitative estimate of drug-likeness (QED) is 0.709. The Morgan fingerprint density at radius 3 is 2.92 bits per heavy atom. The Morgan fingerprint density at radius 2 is 2.08 bits per heavy atom. The maximum absolute atomic E-state index is 6.14. The highest BCUT2D eigenvalue weighted by atomic mass is 79.9. The number of aryl methyl sites for hydroxylation is 1. The number of rotatable bonds is 1. The maximum atomic E-state index is 6.14. The molecule has 5 nitrogen and oxygen atoms in total. The maximum Gasteiger partial charge on any atom is 0.181 e. The predicted molar refractivity (Wildman–Crippen MR) is 89.4 cm³/mol. The Bertz CT molecular complexity index is 815. The Kier molecular flexibility index (Phi) is 3.46. The molecule has 1 saturated heterocycles. The molecular formula is C17H15BrClNO4. The molecule has 1 fully saturated rings. The second kappa shape index (κ2) is 5.46. The highest BCUT2D eigenvalue weighted by molar-refractivity contribution is 9.10. The molecule has 2 aromatic rings. The van der Waals surface area contributed by atoms with Gasteiger partial charge in [0.1, 0.15) is 5.75 Å². The van der Waals surface area contributed by atoms with Crippen LogP contribution in [0.25, 0.3) is 0 Å². The van der Waals surface area contributed by atoms with Gasteiger partial charge < -0.3 is 18.7 Å². The van der Waals surface area contributed by atoms with E-state index in [0.717, 1.165) is 45.6 Å². The van der Waals surface area contributed by atoms with Gasteiger partial charge in [0.15, 0.2) is 17.7 Å². The lowest BCUT2D eigenvalue weighted by molar-refractivity contribution is -0.164. The molecule has 1 unspecified atom stereocenters. The Morgan fingerprint density at radius 1 is 1.25 bits per heavy atom. The van der Waals surface area contributed by atoms with Crippen molar-refractivity contribution in [3.05, 3.63) is 44.2 Å². The van der Waals surface area contributed by atoms with E-state index in [9.17, 15) is 0 Å². The van der Waals surface area contributed by atoms with Crippen LogP contribution in [-0.2, 0) is 28.7 Å². The zero-order valence-corrected chi connectivity index (χ0v) is 15.2. The van der Waals surface area contributed by atoms with Crippen LogP contribution >= 0.6 is 27.5 Å². The van der Waals surface area contributed by atoms with E-state index in [1.165, 1.54) is 0 Å². The Labute approximate surface area is 152 Å². The van der Waals surface area contributed by atoms with Gasteiger partial charge in [-0.15, -0.1) is 0 Å². The fourth-order valence-corrected chi connectivity index (χ4v) is 4.80. The molecule has 1 atom stereocenters. The van der Waals surface area contributed by atoms with E-state index in [2.05, 4.69) is 21.1 Å². The van der Waals surface area contributed by atoms with Crippen LogP contribution in [0.5, 0.6) is 5.75 Å². The van der Waals surface area contributed by atoms with Crippen LogP contribution in [-0.4, -0.2) is 24.2 Å². The van der Waals surface area contributed by atoms with E-state index in [1.54, 1.807) is 0 Å². The van der Waals surface area contributed by atoms with Gasteiger partial charge in [-0.25, -0.2) is 0 Å². The minimum absolute atomic E-state index is 0.192. The van der Waals surface area contributed by atoms with Gasteiger partial charge in [-0.3, -0.25) is 0 Å². The molecule has 0 bridgehead atoms. The van der Waals surface area contributed by atoms with Crippen molar-refractivity contribution in [3.8, 4) is 5.75 Å². The highest BCUT2D eigenvalue weighted by Gasteiger charge is 2.44. The fraction of sp³-hybridized carbons (Fsp3) is 0.471. The number of halogens is 2. The first-order valence-electron chi connectivity index (χ1n) is 8.03. The predicted octanol–water partition coefficient (Wildman–Crippen LogP) is 4.00. The van der Waals surface area contributed by atoms with Crippen LogP contribution in [0.3, 0.4) is 0 Å². The van der Waals surface area contributed by atoms with Crippen molar-refractivity contribution in [3.63, 3.8) is 0 Å². The van der Waals surface area contributed by atoms with Crippen molar-refractivity contribution < 1.29 is 18.7 Å². The number of benzene rings is 1. The van der Waals surface area contributed by atoms with Crippen LogP contribution in [0.15, 0.2) is 21.1 Å². The summed E-state index contributed by atoms with van der Waals surface area (Å²) in [6.45, 7) is 1.29. The molecule has 5 rings (SSSR count). The van der Waals surface area contributed by atoms with Crippen LogP contribution < -0.4 is 4.74 Å². The molecule has 0 amide bonds. The first-order chi connectivity index (χ1) is 11.6. The van der Waals surface area contributed by atoms with Gasteiger partial charge in [0.05, 0.1) is 23.4 Å². The summed E-state index contributed by atoms with van der Waals surface area (Å²) in [5, 5.41) is 4.95. The third kappa shape index (κ3) is 2.31. The monoisotopic (exact) mass is 411 g/mol. The molecular weight excluding hydrogens is 398 g/mol. The molecule has 24 heavy (non-hydrogen) atoms. The van der Waals surface area contributed by atoms with Crippen LogP contribution in [0.1, 0.15) is 35.1 Å². The molecule has 2 aliphatic heterocycles. The smallest absolute Gasteiger partial charge is 0.181 e. The summed E-state index contributed by atoms with van der Waals surface area (Å²) in [6.07, 6.45) is 2.81. The van der Waals surface area contributed by atoms with Crippen molar-refractivity contribution in [2.45, 2.75) is 37.6 Å². The van der Waals surface area contributed by atoms with Crippen LogP contribution in [0.2, 0.25) is 5.02 Å². The molecule has 3 heterocycles. The summed E-state index contributed by atoms with van der Waals surface area (Å²) in [5.41, 5.74) is 3.14. The van der Waals surface area contributed by atoms with Gasteiger partial charge in [-0.1, -0.05) is 16.8 Å². The normalized spacial score (nSPS) is 24.0. The van der Waals surface area contributed by atoms with Gasteiger partial charge in [-0.2, -0.15) is 0 Å². The number of fused-ring (bicyclic) bond motifs is 2. The first kappa shape index (κ1) is 15.2. The summed E-state index contributed by atoms with van der Waals surface area (Å²) in [5.74, 6) is 1.10. The van der Waals surface area contributed by atoms with E-state index in [1.807, 2.05) is 12.1 Å². The molecule has 3 aliphatic rings. The molecule has 0 radical (unpaired) electrons. The molecule has 1 spiro atoms. The highest BCUT2D eigenvalue weighted by Crippen LogP contribution is 2.46. The van der Waals surface area contributed by atoms with Gasteiger partial charge in [0.2, 0.25) is 0 Å². The molecule has 0 N–H and O–H groups in total. The summed E-state index contributed by atoms with van der Waals surface area (Å²) in [7, 11) is 0. The number of aromatic nitrogens is 1. The van der Waals surface area contributed by atoms with Crippen molar-refractivity contribution in [1.29, 1.82) is 0 Å². The number of nitrogens with zero attached hydrogens (tertiary/aromatic N) is 1. The molecule has 126 valence electrons. The second-order valence-electron chi connectivity index (χ2n) is 6.44. The average Bonchev–Trinajstić information content (AvgIpc) is 3.25. The summed E-state index contributed by atoms with van der Waals surface area (Å²) >= 11 is 9.66. The standard InChI is InChI=1S/C17H15BrClNO4/c18-12-7-10(19)5-9-6-14(23-15(9)12)16-11-8-17(21-3-4-22-17)2-1-13(11)20-24-16/h5,7,14H,1-4,6,8H2. The van der Waals surface area contributed by atoms with Crippen molar-refractivity contribution in [2.75, 3.05) is 13.2 Å². The average molecular weight is 413 g/mol. The third-order valence-corrected chi connectivity index (χ3v) is 5.75. The SMILES string of the molecule is Clc1cc(Br)c2c(c1)CC(c1onc3c1CC1(CC3)OCCO1)O2. The number of hydrogen-bond donors (Lipinski definition) is 0. The Balaban J connectivity index is 1.48. The first-order valence-corrected chi connectivity index (χ1v) is 9.20. The topological polar surface area (TPSA) is 53.7 Å². The van der Waals surface area contributed by atoms with Crippen molar-refractivity contribution >= 4 is 27.5 Å². The van der Waals surface area contributed by atoms with Crippen LogP contribution in [0, 0.1) is 0 Å². The minimum Gasteiger partial charge on any atom is -0.481 e. The largest absolute Gasteiger partial charge is 0.481 e. The number of hydrogen-bond acceptors (Lipinski definition) is 5. The lowest BCUT2D eigenvalue weighted by atomic mass is 9.89. The zero-order chi connectivity index (χ0) is 16.3. The molecule has 1 aromatic heterocycles. The van der Waals surface area contributed by atoms with E-state index in [0.29, 0.717) is 31.1 Å². The van der Waals surface area contributed by atoms with E-state index in [-0.39, 0.29) is 6.10 Å². The molecule has 1 aromatic carbocycles. The van der Waals surface area contributed by atoms with Gasteiger partial charge in [0, 0.05) is 35.4 Å². The van der Waals surface area contributed by atoms with Crippen molar-refractivity contribution in [2.24, 2.45) is 0 Å². The third-order valence-electron chi connectivity index (χ3n) is 4.95. The summed E-state index contributed by atoms with van der Waals surface area (Å²) in [6, 6.07) is 3.78. The zero-order valence-electron chi connectivity index (χ0n) is 12.8. The summed E-state index contributed by atoms with van der Waals surface area (Å²) < 4.78 is 24.4. The lowest BCUT2D eigenvalue weighted by Crippen LogP contribution is -2.37. The van der Waals surface area contributed by atoms with E-state index in [4.69, 9.17) is 30.3 Å². The van der Waals surface area contributed by atoms with E-state index < -0.39 is 5.79 Å². The minimum atomic E-state index is -0.511. The molecule has 0 saturated carbocycles. The van der Waals surface area contributed by atoms with Gasteiger partial charge >= 0.3 is 0 Å².